The highest BCUT2D eigenvalue weighted by atomic mass is 32.1. The summed E-state index contributed by atoms with van der Waals surface area (Å²) < 4.78 is 0. The van der Waals surface area contributed by atoms with Crippen LogP contribution >= 0.6 is 12.6 Å². The molecule has 3 aromatic rings. The van der Waals surface area contributed by atoms with Crippen molar-refractivity contribution < 1.29 is 4.79 Å². The van der Waals surface area contributed by atoms with Crippen LogP contribution in [-0.4, -0.2) is 19.0 Å². The molecule has 1 fully saturated rings. The van der Waals surface area contributed by atoms with Crippen LogP contribution in [0.5, 0.6) is 0 Å². The third-order valence-electron chi connectivity index (χ3n) is 6.29. The van der Waals surface area contributed by atoms with Gasteiger partial charge in [-0.15, -0.1) is 12.6 Å². The number of thiol groups is 1. The van der Waals surface area contributed by atoms with Crippen molar-refractivity contribution in [1.82, 2.24) is 0 Å². The first-order chi connectivity index (χ1) is 15.1. The second-order valence-corrected chi connectivity index (χ2v) is 8.89. The lowest BCUT2D eigenvalue weighted by atomic mass is 9.76. The smallest absolute Gasteiger partial charge is 0.225 e. The van der Waals surface area contributed by atoms with Gasteiger partial charge in [-0.25, -0.2) is 0 Å². The van der Waals surface area contributed by atoms with E-state index in [1.54, 1.807) is 0 Å². The number of anilines is 1. The summed E-state index contributed by atoms with van der Waals surface area (Å²) in [6, 6.07) is 26.8. The third-order valence-corrected chi connectivity index (χ3v) is 6.59. The van der Waals surface area contributed by atoms with Crippen LogP contribution < -0.4 is 10.6 Å². The van der Waals surface area contributed by atoms with Gasteiger partial charge in [0.15, 0.2) is 0 Å². The van der Waals surface area contributed by atoms with Crippen molar-refractivity contribution in [3.05, 3.63) is 95.6 Å². The minimum Gasteiger partial charge on any atom is -0.371 e. The number of hydrogen-bond donors (Lipinski definition) is 2. The molecule has 1 aliphatic heterocycles. The molecule has 1 heterocycles. The molecule has 160 valence electrons. The summed E-state index contributed by atoms with van der Waals surface area (Å²) in [7, 11) is 0. The van der Waals surface area contributed by atoms with Gasteiger partial charge in [0.25, 0.3) is 0 Å². The van der Waals surface area contributed by atoms with Crippen LogP contribution in [-0.2, 0) is 11.2 Å². The number of rotatable bonds is 7. The van der Waals surface area contributed by atoms with Crippen LogP contribution in [0.3, 0.4) is 0 Å². The molecule has 1 saturated heterocycles. The van der Waals surface area contributed by atoms with Crippen molar-refractivity contribution in [2.45, 2.75) is 42.4 Å². The maximum Gasteiger partial charge on any atom is 0.225 e. The summed E-state index contributed by atoms with van der Waals surface area (Å²) >= 11 is 4.42. The zero-order chi connectivity index (χ0) is 21.6. The van der Waals surface area contributed by atoms with Crippen LogP contribution in [0.4, 0.5) is 5.69 Å². The minimum absolute atomic E-state index is 0.0520. The van der Waals surface area contributed by atoms with Crippen molar-refractivity contribution in [2.75, 3.05) is 18.0 Å². The SMILES string of the molecule is NC(=O)C(c1ccc(S)cc1)C(Cc1ccccc1)c1ccccc1N1CCCCC1. The number of nitrogens with zero attached hydrogens (tertiary/aromatic N) is 1. The molecule has 3 aromatic carbocycles. The topological polar surface area (TPSA) is 46.3 Å². The molecule has 0 radical (unpaired) electrons. The Balaban J connectivity index is 1.81. The molecule has 1 amide bonds. The molecular weight excluding hydrogens is 400 g/mol. The number of primary amides is 1. The van der Waals surface area contributed by atoms with Gasteiger partial charge in [-0.3, -0.25) is 4.79 Å². The van der Waals surface area contributed by atoms with Crippen LogP contribution in [0.25, 0.3) is 0 Å². The Hall–Kier alpha value is -2.72. The average molecular weight is 431 g/mol. The standard InChI is InChI=1S/C27H30N2OS/c28-27(30)26(21-13-15-22(31)16-14-21)24(19-20-9-3-1-4-10-20)23-11-5-6-12-25(23)29-17-7-2-8-18-29/h1,3-6,9-16,24,26,31H,2,7-8,17-19H2,(H2,28,30). The van der Waals surface area contributed by atoms with Crippen molar-refractivity contribution >= 4 is 24.2 Å². The number of para-hydroxylation sites is 1. The predicted octanol–water partition coefficient (Wildman–Crippen LogP) is 5.56. The minimum atomic E-state index is -0.417. The molecule has 0 spiro atoms. The molecule has 2 N–H and O–H groups in total. The molecule has 0 saturated carbocycles. The number of nitrogens with two attached hydrogens (primary N) is 1. The first kappa shape index (κ1) is 21.5. The van der Waals surface area contributed by atoms with E-state index < -0.39 is 5.92 Å². The molecule has 0 bridgehead atoms. The van der Waals surface area contributed by atoms with Gasteiger partial charge in [0.2, 0.25) is 5.91 Å². The van der Waals surface area contributed by atoms with Crippen LogP contribution in [0.2, 0.25) is 0 Å². The lowest BCUT2D eigenvalue weighted by molar-refractivity contribution is -0.120. The monoisotopic (exact) mass is 430 g/mol. The summed E-state index contributed by atoms with van der Waals surface area (Å²) in [5, 5.41) is 0. The van der Waals surface area contributed by atoms with Crippen molar-refractivity contribution in [3.8, 4) is 0 Å². The van der Waals surface area contributed by atoms with Crippen molar-refractivity contribution in [2.24, 2.45) is 5.73 Å². The highest BCUT2D eigenvalue weighted by molar-refractivity contribution is 7.80. The zero-order valence-electron chi connectivity index (χ0n) is 17.8. The normalized spacial score (nSPS) is 16.0. The Kier molecular flexibility index (Phi) is 6.98. The highest BCUT2D eigenvalue weighted by Crippen LogP contribution is 2.41. The first-order valence-electron chi connectivity index (χ1n) is 11.1. The summed E-state index contributed by atoms with van der Waals surface area (Å²) in [6.45, 7) is 2.12. The molecule has 1 aliphatic rings. The molecule has 2 unspecified atom stereocenters. The highest BCUT2D eigenvalue weighted by Gasteiger charge is 2.32. The van der Waals surface area contributed by atoms with E-state index >= 15 is 0 Å². The fourth-order valence-corrected chi connectivity index (χ4v) is 4.92. The Morgan fingerprint density at radius 2 is 1.52 bits per heavy atom. The summed E-state index contributed by atoms with van der Waals surface area (Å²) in [6.07, 6.45) is 4.45. The quantitative estimate of drug-likeness (QED) is 0.482. The number of piperidine rings is 1. The second kappa shape index (κ2) is 10.1. The third kappa shape index (κ3) is 5.13. The summed E-state index contributed by atoms with van der Waals surface area (Å²) in [4.78, 5) is 16.2. The second-order valence-electron chi connectivity index (χ2n) is 8.37. The number of carbonyl (C=O) groups excluding carboxylic acids is 1. The summed E-state index contributed by atoms with van der Waals surface area (Å²) in [5.41, 5.74) is 10.6. The molecule has 4 heteroatoms. The van der Waals surface area contributed by atoms with Gasteiger partial charge in [0.1, 0.15) is 0 Å². The Morgan fingerprint density at radius 1 is 0.871 bits per heavy atom. The van der Waals surface area contributed by atoms with Crippen molar-refractivity contribution in [3.63, 3.8) is 0 Å². The predicted molar refractivity (Wildman–Crippen MR) is 131 cm³/mol. The Bertz CT molecular complexity index is 997. The Morgan fingerprint density at radius 3 is 2.19 bits per heavy atom. The first-order valence-corrected chi connectivity index (χ1v) is 11.5. The molecule has 31 heavy (non-hydrogen) atoms. The van der Waals surface area contributed by atoms with E-state index in [0.29, 0.717) is 0 Å². The van der Waals surface area contributed by atoms with Crippen LogP contribution in [0.1, 0.15) is 47.8 Å². The lowest BCUT2D eigenvalue weighted by Crippen LogP contribution is -2.33. The van der Waals surface area contributed by atoms with Gasteiger partial charge < -0.3 is 10.6 Å². The molecule has 4 rings (SSSR count). The largest absolute Gasteiger partial charge is 0.371 e. The lowest BCUT2D eigenvalue weighted by Gasteiger charge is -2.34. The van der Waals surface area contributed by atoms with E-state index in [0.717, 1.165) is 30.0 Å². The van der Waals surface area contributed by atoms with Crippen LogP contribution in [0.15, 0.2) is 83.8 Å². The number of carbonyl (C=O) groups is 1. The van der Waals surface area contributed by atoms with E-state index in [1.807, 2.05) is 30.3 Å². The van der Waals surface area contributed by atoms with E-state index in [-0.39, 0.29) is 11.8 Å². The number of benzene rings is 3. The van der Waals surface area contributed by atoms with Crippen LogP contribution in [0, 0.1) is 0 Å². The van der Waals surface area contributed by atoms with Gasteiger partial charge in [0, 0.05) is 29.6 Å². The number of amides is 1. The zero-order valence-corrected chi connectivity index (χ0v) is 18.7. The molecule has 2 atom stereocenters. The molecule has 0 aromatic heterocycles. The maximum atomic E-state index is 12.9. The van der Waals surface area contributed by atoms with Crippen molar-refractivity contribution in [1.29, 1.82) is 0 Å². The van der Waals surface area contributed by atoms with Gasteiger partial charge in [0.05, 0.1) is 5.92 Å². The number of hydrogen-bond acceptors (Lipinski definition) is 3. The fraction of sp³-hybridized carbons (Fsp3) is 0.296. The van der Waals surface area contributed by atoms with E-state index in [1.165, 1.54) is 36.1 Å². The molecule has 3 nitrogen and oxygen atoms in total. The fourth-order valence-electron chi connectivity index (χ4n) is 4.78. The van der Waals surface area contributed by atoms with Gasteiger partial charge in [-0.05, 0) is 60.6 Å². The summed E-state index contributed by atoms with van der Waals surface area (Å²) in [5.74, 6) is -0.759. The average Bonchev–Trinajstić information content (AvgIpc) is 2.81. The molecule has 0 aliphatic carbocycles. The van der Waals surface area contributed by atoms with E-state index in [2.05, 4.69) is 66.1 Å². The Labute approximate surface area is 190 Å². The van der Waals surface area contributed by atoms with E-state index in [9.17, 15) is 4.79 Å². The van der Waals surface area contributed by atoms with E-state index in [4.69, 9.17) is 5.73 Å². The van der Waals surface area contributed by atoms with Gasteiger partial charge >= 0.3 is 0 Å². The van der Waals surface area contributed by atoms with Gasteiger partial charge in [-0.2, -0.15) is 0 Å². The van der Waals surface area contributed by atoms with Gasteiger partial charge in [-0.1, -0.05) is 60.7 Å². The molecular formula is C27H30N2OS. The maximum absolute atomic E-state index is 12.9.